The molecular formula is C35H26N4O11S2. The van der Waals surface area contributed by atoms with E-state index in [0.29, 0.717) is 11.4 Å². The predicted octanol–water partition coefficient (Wildman–Crippen LogP) is 6.05. The van der Waals surface area contributed by atoms with Crippen LogP contribution >= 0.6 is 0 Å². The minimum absolute atomic E-state index is 0.163. The van der Waals surface area contributed by atoms with Gasteiger partial charge in [0.2, 0.25) is 0 Å². The molecular weight excluding hydrogens is 717 g/mol. The molecule has 0 fully saturated rings. The zero-order chi connectivity index (χ0) is 37.4. The molecule has 0 aliphatic heterocycles. The molecule has 0 heterocycles. The quantitative estimate of drug-likeness (QED) is 0.0834. The molecule has 17 heteroatoms. The number of hydrogen-bond acceptors (Lipinski definition) is 9. The molecule has 52 heavy (non-hydrogen) atoms. The Morgan fingerprint density at radius 2 is 0.846 bits per heavy atom. The molecule has 0 radical (unpaired) electrons. The topological polar surface area (TPSA) is 249 Å². The Kier molecular flexibility index (Phi) is 9.26. The van der Waals surface area contributed by atoms with Crippen molar-refractivity contribution >= 4 is 82.4 Å². The third-order valence-electron chi connectivity index (χ3n) is 7.76. The first-order valence-electron chi connectivity index (χ1n) is 14.9. The number of amides is 4. The van der Waals surface area contributed by atoms with Crippen LogP contribution in [-0.4, -0.2) is 54.0 Å². The standard InChI is InChI=1S/C35H26N4O11S2/c40-29-17-25(51(45,46)47)15-21-3-1-5-27(31(21)29)38-33(42)19-7-11-23(12-8-19)36-35(44)37-24-13-9-20(10-14-24)34(43)39-28-6-2-4-22-16-26(52(48,49)50)18-30(41)32(22)28/h1-18,40-41H,(H,38,42)(H,39,43)(H2,36,37,44)(H,45,46,47)(H,48,49,50). The summed E-state index contributed by atoms with van der Waals surface area (Å²) in [5, 5.41) is 32.3. The molecule has 0 saturated heterocycles. The fourth-order valence-electron chi connectivity index (χ4n) is 5.35. The molecule has 264 valence electrons. The highest BCUT2D eigenvalue weighted by molar-refractivity contribution is 7.86. The molecule has 0 atom stereocenters. The van der Waals surface area contributed by atoms with Gasteiger partial charge in [-0.25, -0.2) is 4.79 Å². The van der Waals surface area contributed by atoms with Crippen LogP contribution in [0.1, 0.15) is 20.7 Å². The molecule has 0 unspecified atom stereocenters. The minimum Gasteiger partial charge on any atom is -0.507 e. The van der Waals surface area contributed by atoms with Crippen LogP contribution in [0, 0.1) is 0 Å². The van der Waals surface area contributed by atoms with Crippen molar-refractivity contribution in [2.75, 3.05) is 21.3 Å². The van der Waals surface area contributed by atoms with Crippen LogP contribution in [0.15, 0.2) is 119 Å². The summed E-state index contributed by atoms with van der Waals surface area (Å²) in [4.78, 5) is 37.6. The van der Waals surface area contributed by atoms with Crippen molar-refractivity contribution < 1.29 is 50.5 Å². The number of fused-ring (bicyclic) bond motifs is 2. The fourth-order valence-corrected chi connectivity index (χ4v) is 6.43. The molecule has 0 aromatic heterocycles. The summed E-state index contributed by atoms with van der Waals surface area (Å²) in [6.07, 6.45) is 0. The first-order valence-corrected chi connectivity index (χ1v) is 17.8. The summed E-state index contributed by atoms with van der Waals surface area (Å²) in [6.45, 7) is 0. The number of carbonyl (C=O) groups is 3. The van der Waals surface area contributed by atoms with Crippen molar-refractivity contribution in [3.8, 4) is 11.5 Å². The van der Waals surface area contributed by atoms with Gasteiger partial charge in [-0.3, -0.25) is 18.7 Å². The Morgan fingerprint density at radius 1 is 0.481 bits per heavy atom. The molecule has 0 aliphatic carbocycles. The van der Waals surface area contributed by atoms with Gasteiger partial charge in [-0.05, 0) is 83.6 Å². The van der Waals surface area contributed by atoms with Gasteiger partial charge in [0.15, 0.2) is 0 Å². The van der Waals surface area contributed by atoms with Crippen molar-refractivity contribution in [3.05, 3.63) is 120 Å². The van der Waals surface area contributed by atoms with Gasteiger partial charge in [0.1, 0.15) is 11.5 Å². The van der Waals surface area contributed by atoms with E-state index in [9.17, 15) is 50.5 Å². The third-order valence-corrected chi connectivity index (χ3v) is 9.42. The van der Waals surface area contributed by atoms with E-state index in [1.54, 1.807) is 0 Å². The second-order valence-electron chi connectivity index (χ2n) is 11.3. The van der Waals surface area contributed by atoms with Crippen LogP contribution in [0.5, 0.6) is 11.5 Å². The van der Waals surface area contributed by atoms with Gasteiger partial charge in [-0.2, -0.15) is 16.8 Å². The molecule has 6 rings (SSSR count). The fraction of sp³-hybridized carbons (Fsp3) is 0. The second-order valence-corrected chi connectivity index (χ2v) is 14.1. The number of anilines is 4. The maximum atomic E-state index is 13.0. The number of phenolic OH excluding ortho intramolecular Hbond substituents is 2. The highest BCUT2D eigenvalue weighted by Crippen LogP contribution is 2.36. The second kappa shape index (κ2) is 13.6. The van der Waals surface area contributed by atoms with Gasteiger partial charge in [0, 0.05) is 45.4 Å². The summed E-state index contributed by atoms with van der Waals surface area (Å²) in [7, 11) is -9.14. The molecule has 8 N–H and O–H groups in total. The Bertz CT molecular complexity index is 2460. The SMILES string of the molecule is O=C(Nc1ccc(C(=O)Nc2cccc3cc(S(=O)(=O)O)cc(O)c23)cc1)Nc1ccc(C(=O)Nc2cccc3cc(S(=O)(=O)O)cc(O)c23)cc1. The Labute approximate surface area is 295 Å². The molecule has 0 aliphatic rings. The van der Waals surface area contributed by atoms with Crippen LogP contribution in [0.25, 0.3) is 21.5 Å². The monoisotopic (exact) mass is 742 g/mol. The maximum absolute atomic E-state index is 13.0. The largest absolute Gasteiger partial charge is 0.507 e. The van der Waals surface area contributed by atoms with E-state index in [1.165, 1.54) is 84.9 Å². The van der Waals surface area contributed by atoms with Gasteiger partial charge >= 0.3 is 6.03 Å². The third kappa shape index (κ3) is 7.62. The first-order chi connectivity index (χ1) is 24.6. The molecule has 6 aromatic carbocycles. The lowest BCUT2D eigenvalue weighted by Gasteiger charge is -2.12. The summed E-state index contributed by atoms with van der Waals surface area (Å²) in [5.41, 5.74) is 1.47. The van der Waals surface area contributed by atoms with Crippen LogP contribution in [0.4, 0.5) is 27.5 Å². The van der Waals surface area contributed by atoms with E-state index in [4.69, 9.17) is 0 Å². The minimum atomic E-state index is -4.57. The van der Waals surface area contributed by atoms with Crippen molar-refractivity contribution in [1.29, 1.82) is 0 Å². The van der Waals surface area contributed by atoms with E-state index in [0.717, 1.165) is 24.3 Å². The van der Waals surface area contributed by atoms with E-state index in [2.05, 4.69) is 21.3 Å². The summed E-state index contributed by atoms with van der Waals surface area (Å²) < 4.78 is 64.8. The predicted molar refractivity (Wildman–Crippen MR) is 192 cm³/mol. The van der Waals surface area contributed by atoms with E-state index >= 15 is 0 Å². The lowest BCUT2D eigenvalue weighted by molar-refractivity contribution is 0.101. The van der Waals surface area contributed by atoms with Crippen LogP contribution in [0.3, 0.4) is 0 Å². The van der Waals surface area contributed by atoms with Crippen LogP contribution in [-0.2, 0) is 20.2 Å². The lowest BCUT2D eigenvalue weighted by Crippen LogP contribution is -2.20. The number of benzene rings is 6. The number of urea groups is 1. The number of phenols is 2. The smallest absolute Gasteiger partial charge is 0.323 e. The first kappa shape index (κ1) is 35.3. The van der Waals surface area contributed by atoms with Crippen molar-refractivity contribution in [2.45, 2.75) is 9.79 Å². The molecule has 0 saturated carbocycles. The Hall–Kier alpha value is -6.53. The Morgan fingerprint density at radius 3 is 1.19 bits per heavy atom. The highest BCUT2D eigenvalue weighted by atomic mass is 32.2. The highest BCUT2D eigenvalue weighted by Gasteiger charge is 2.18. The molecule has 0 bridgehead atoms. The van der Waals surface area contributed by atoms with E-state index < -0.39 is 59.4 Å². The van der Waals surface area contributed by atoms with Crippen LogP contribution < -0.4 is 21.3 Å². The molecule has 15 nitrogen and oxygen atoms in total. The summed E-state index contributed by atoms with van der Waals surface area (Å²) in [5.74, 6) is -2.05. The zero-order valence-corrected chi connectivity index (χ0v) is 28.0. The van der Waals surface area contributed by atoms with Gasteiger partial charge < -0.3 is 31.5 Å². The Balaban J connectivity index is 1.07. The van der Waals surface area contributed by atoms with Crippen molar-refractivity contribution in [2.24, 2.45) is 0 Å². The molecule has 0 spiro atoms. The number of hydrogen-bond donors (Lipinski definition) is 8. The van der Waals surface area contributed by atoms with Gasteiger partial charge in [0.05, 0.1) is 21.2 Å². The number of nitrogens with one attached hydrogen (secondary N) is 4. The van der Waals surface area contributed by atoms with Gasteiger partial charge in [-0.15, -0.1) is 0 Å². The molecule has 6 aromatic rings. The summed E-state index contributed by atoms with van der Waals surface area (Å²) in [6, 6.07) is 24.3. The van der Waals surface area contributed by atoms with Gasteiger partial charge in [-0.1, -0.05) is 24.3 Å². The summed E-state index contributed by atoms with van der Waals surface area (Å²) >= 11 is 0. The molecule has 4 amide bonds. The van der Waals surface area contributed by atoms with Crippen molar-refractivity contribution in [3.63, 3.8) is 0 Å². The normalized spacial score (nSPS) is 11.6. The van der Waals surface area contributed by atoms with Gasteiger partial charge in [0.25, 0.3) is 32.1 Å². The number of carbonyl (C=O) groups excluding carboxylic acids is 3. The average Bonchev–Trinajstić information content (AvgIpc) is 3.08. The van der Waals surface area contributed by atoms with Crippen molar-refractivity contribution in [1.82, 2.24) is 0 Å². The number of rotatable bonds is 8. The average molecular weight is 743 g/mol. The zero-order valence-electron chi connectivity index (χ0n) is 26.4. The maximum Gasteiger partial charge on any atom is 0.323 e. The van der Waals surface area contributed by atoms with Crippen LogP contribution in [0.2, 0.25) is 0 Å². The van der Waals surface area contributed by atoms with E-state index in [-0.39, 0.29) is 44.0 Å². The lowest BCUT2D eigenvalue weighted by atomic mass is 10.1. The van der Waals surface area contributed by atoms with E-state index in [1.807, 2.05) is 0 Å². The number of aromatic hydroxyl groups is 2.